The van der Waals surface area contributed by atoms with Crippen LogP contribution in [0.5, 0.6) is 0 Å². The van der Waals surface area contributed by atoms with Crippen LogP contribution in [-0.2, 0) is 4.74 Å². The normalized spacial score (nSPS) is 25.2. The Morgan fingerprint density at radius 2 is 2.16 bits per heavy atom. The van der Waals surface area contributed by atoms with Gasteiger partial charge in [-0.05, 0) is 6.07 Å². The van der Waals surface area contributed by atoms with Crippen molar-refractivity contribution in [2.75, 3.05) is 12.3 Å². The molecule has 0 aromatic carbocycles. The van der Waals surface area contributed by atoms with Gasteiger partial charge in [-0.1, -0.05) is 22.9 Å². The van der Waals surface area contributed by atoms with Gasteiger partial charge in [0.2, 0.25) is 0 Å². The Kier molecular flexibility index (Phi) is 6.38. The van der Waals surface area contributed by atoms with E-state index < -0.39 is 36.4 Å². The van der Waals surface area contributed by atoms with Gasteiger partial charge in [0.15, 0.2) is 10.8 Å². The maximum absolute atomic E-state index is 11.0. The van der Waals surface area contributed by atoms with Crippen LogP contribution in [-0.4, -0.2) is 70.6 Å². The van der Waals surface area contributed by atoms with E-state index >= 15 is 0 Å². The number of thioether (sulfide) groups is 1. The predicted octanol–water partition coefficient (Wildman–Crippen LogP) is 0.00418. The molecule has 1 saturated heterocycles. The average molecular weight is 472 g/mol. The van der Waals surface area contributed by atoms with Crippen LogP contribution in [0, 0.1) is 23.7 Å². The Hall–Kier alpha value is -3.04. The number of aliphatic hydroxyl groups excluding tert-OH is 3. The molecule has 0 aliphatic carbocycles. The fourth-order valence-electron chi connectivity index (χ4n) is 3.25. The number of aliphatic hydroxyl groups is 3. The molecular weight excluding hydrogens is 454 g/mol. The van der Waals surface area contributed by atoms with Crippen molar-refractivity contribution in [3.63, 3.8) is 0 Å². The fourth-order valence-corrected chi connectivity index (χ4v) is 4.96. The van der Waals surface area contributed by atoms with E-state index in [0.717, 1.165) is 11.8 Å². The third-order valence-electron chi connectivity index (χ3n) is 4.82. The molecule has 1 fully saturated rings. The third kappa shape index (κ3) is 4.18. The number of nitrogens with zero attached hydrogens (tertiary/aromatic N) is 6. The lowest BCUT2D eigenvalue weighted by Crippen LogP contribution is -2.55. The topological polar surface area (TPSA) is 176 Å². The number of nitrogen functional groups attached to an aromatic ring is 1. The second kappa shape index (κ2) is 9.22. The van der Waals surface area contributed by atoms with E-state index in [0.29, 0.717) is 27.0 Å². The monoisotopic (exact) mass is 471 g/mol. The van der Waals surface area contributed by atoms with Crippen molar-refractivity contribution in [1.29, 1.82) is 5.26 Å². The van der Waals surface area contributed by atoms with Crippen molar-refractivity contribution in [2.45, 2.75) is 34.7 Å². The van der Waals surface area contributed by atoms with E-state index in [1.165, 1.54) is 28.4 Å². The summed E-state index contributed by atoms with van der Waals surface area (Å²) in [6.07, 6.45) is 4.76. The van der Waals surface area contributed by atoms with Crippen LogP contribution >= 0.6 is 23.1 Å². The standard InChI is InChI=1S/C19H17N7O4S2/c1-2-9-3-14(10(4-20)22-5-9)32-18-17(29)15(16(28)13(7-27)30-18)26-6-11(24-25-26)12-8-31-19(21)23-12/h1,3,5-6,8,13,15-18,27-29H,7H2,(H2,21,23)/t13-,15+,16+,17-,18-/m1/s1. The molecule has 5 atom stereocenters. The summed E-state index contributed by atoms with van der Waals surface area (Å²) in [7, 11) is 0. The summed E-state index contributed by atoms with van der Waals surface area (Å²) in [4.78, 5) is 8.57. The number of hydrogen-bond acceptors (Lipinski definition) is 12. The highest BCUT2D eigenvalue weighted by molar-refractivity contribution is 7.99. The highest BCUT2D eigenvalue weighted by Gasteiger charge is 2.46. The number of rotatable bonds is 5. The van der Waals surface area contributed by atoms with Gasteiger partial charge in [-0.15, -0.1) is 22.9 Å². The molecule has 0 radical (unpaired) electrons. The first kappa shape index (κ1) is 22.2. The maximum atomic E-state index is 11.0. The molecule has 13 heteroatoms. The Balaban J connectivity index is 1.65. The summed E-state index contributed by atoms with van der Waals surface area (Å²) >= 11 is 2.26. The predicted molar refractivity (Wildman–Crippen MR) is 115 cm³/mol. The van der Waals surface area contributed by atoms with E-state index in [1.54, 1.807) is 11.4 Å². The molecule has 4 rings (SSSR count). The van der Waals surface area contributed by atoms with Crippen molar-refractivity contribution >= 4 is 28.2 Å². The number of nitrogens with two attached hydrogens (primary N) is 1. The molecule has 0 spiro atoms. The van der Waals surface area contributed by atoms with Gasteiger partial charge in [-0.2, -0.15) is 5.26 Å². The van der Waals surface area contributed by atoms with E-state index in [1.807, 2.05) is 6.07 Å². The van der Waals surface area contributed by atoms with E-state index in [9.17, 15) is 20.6 Å². The molecule has 1 aliphatic heterocycles. The number of ether oxygens (including phenoxy) is 1. The van der Waals surface area contributed by atoms with Gasteiger partial charge >= 0.3 is 0 Å². The van der Waals surface area contributed by atoms with E-state index in [4.69, 9.17) is 16.9 Å². The summed E-state index contributed by atoms with van der Waals surface area (Å²) in [5.41, 5.74) is 6.18. The van der Waals surface area contributed by atoms with Gasteiger partial charge in [-0.3, -0.25) is 0 Å². The highest BCUT2D eigenvalue weighted by atomic mass is 32.2. The van der Waals surface area contributed by atoms with E-state index in [2.05, 4.69) is 26.2 Å². The lowest BCUT2D eigenvalue weighted by atomic mass is 9.97. The van der Waals surface area contributed by atoms with Crippen molar-refractivity contribution in [1.82, 2.24) is 25.0 Å². The SMILES string of the molecule is C#Cc1cnc(C#N)c(S[C@H]2O[C@H](CO)[C@H](O)[C@H](n3cc(-c4csc(N)n4)nn3)[C@H]2O)c1. The van der Waals surface area contributed by atoms with Crippen molar-refractivity contribution in [3.05, 3.63) is 35.1 Å². The number of terminal acetylenes is 1. The first-order chi connectivity index (χ1) is 15.4. The number of thiazole rings is 1. The molecule has 3 aromatic heterocycles. The van der Waals surface area contributed by atoms with Crippen LogP contribution in [0.25, 0.3) is 11.4 Å². The highest BCUT2D eigenvalue weighted by Crippen LogP contribution is 2.39. The summed E-state index contributed by atoms with van der Waals surface area (Å²) in [6, 6.07) is 2.56. The molecule has 5 N–H and O–H groups in total. The molecule has 3 aromatic rings. The number of aromatic nitrogens is 5. The second-order valence-corrected chi connectivity index (χ2v) is 8.83. The number of pyridine rings is 1. The lowest BCUT2D eigenvalue weighted by molar-refractivity contribution is -0.178. The minimum atomic E-state index is -1.28. The van der Waals surface area contributed by atoms with Gasteiger partial charge < -0.3 is 25.8 Å². The first-order valence-corrected chi connectivity index (χ1v) is 11.0. The van der Waals surface area contributed by atoms with Crippen LogP contribution < -0.4 is 5.73 Å². The maximum Gasteiger partial charge on any atom is 0.180 e. The van der Waals surface area contributed by atoms with Crippen LogP contribution in [0.2, 0.25) is 0 Å². The quantitative estimate of drug-likeness (QED) is 0.368. The zero-order valence-electron chi connectivity index (χ0n) is 16.3. The number of hydrogen-bond donors (Lipinski definition) is 4. The largest absolute Gasteiger partial charge is 0.394 e. The van der Waals surface area contributed by atoms with Crippen molar-refractivity contribution < 1.29 is 20.1 Å². The molecule has 0 saturated carbocycles. The van der Waals surface area contributed by atoms with E-state index in [-0.39, 0.29) is 5.69 Å². The van der Waals surface area contributed by atoms with Gasteiger partial charge in [0.1, 0.15) is 47.2 Å². The van der Waals surface area contributed by atoms with Crippen LogP contribution in [0.4, 0.5) is 5.13 Å². The Labute approximate surface area is 190 Å². The molecule has 0 amide bonds. The summed E-state index contributed by atoms with van der Waals surface area (Å²) in [5, 5.41) is 51.0. The molecule has 11 nitrogen and oxygen atoms in total. The second-order valence-electron chi connectivity index (χ2n) is 6.80. The molecule has 0 unspecified atom stereocenters. The first-order valence-electron chi connectivity index (χ1n) is 9.24. The molecular formula is C19H17N7O4S2. The number of anilines is 1. The molecule has 1 aliphatic rings. The Morgan fingerprint density at radius 1 is 1.34 bits per heavy atom. The Morgan fingerprint density at radius 3 is 2.81 bits per heavy atom. The van der Waals surface area contributed by atoms with Crippen molar-refractivity contribution in [2.24, 2.45) is 0 Å². The smallest absolute Gasteiger partial charge is 0.180 e. The molecule has 4 heterocycles. The van der Waals surface area contributed by atoms with Gasteiger partial charge in [-0.25, -0.2) is 14.6 Å². The van der Waals surface area contributed by atoms with Crippen LogP contribution in [0.15, 0.2) is 28.7 Å². The molecule has 32 heavy (non-hydrogen) atoms. The van der Waals surface area contributed by atoms with Gasteiger partial charge in [0.25, 0.3) is 0 Å². The molecule has 164 valence electrons. The molecule has 0 bridgehead atoms. The summed E-state index contributed by atoms with van der Waals surface area (Å²) in [6.45, 7) is -0.501. The zero-order chi connectivity index (χ0) is 22.8. The average Bonchev–Trinajstić information content (AvgIpc) is 3.45. The van der Waals surface area contributed by atoms with Gasteiger partial charge in [0.05, 0.1) is 12.8 Å². The minimum absolute atomic E-state index is 0.109. The third-order valence-corrected chi connectivity index (χ3v) is 6.68. The van der Waals surface area contributed by atoms with Crippen LogP contribution in [0.1, 0.15) is 17.3 Å². The fraction of sp³-hybridized carbons (Fsp3) is 0.316. The number of nitriles is 1. The summed E-state index contributed by atoms with van der Waals surface area (Å²) < 4.78 is 7.02. The lowest BCUT2D eigenvalue weighted by Gasteiger charge is -2.41. The van der Waals surface area contributed by atoms with Crippen LogP contribution in [0.3, 0.4) is 0 Å². The summed E-state index contributed by atoms with van der Waals surface area (Å²) in [5.74, 6) is 2.44. The zero-order valence-corrected chi connectivity index (χ0v) is 17.9. The minimum Gasteiger partial charge on any atom is -0.394 e. The van der Waals surface area contributed by atoms with Gasteiger partial charge in [0, 0.05) is 22.0 Å². The Bertz CT molecular complexity index is 1200. The van der Waals surface area contributed by atoms with Crippen molar-refractivity contribution in [3.8, 4) is 29.8 Å².